The first-order valence-electron chi connectivity index (χ1n) is 3.74. The van der Waals surface area contributed by atoms with E-state index in [0.29, 0.717) is 10.8 Å². The zero-order valence-electron chi connectivity index (χ0n) is 7.57. The van der Waals surface area contributed by atoms with E-state index in [1.165, 1.54) is 11.3 Å². The summed E-state index contributed by atoms with van der Waals surface area (Å²) in [6.07, 6.45) is 0.270. The highest BCUT2D eigenvalue weighted by Gasteiger charge is 2.06. The highest BCUT2D eigenvalue weighted by Crippen LogP contribution is 2.10. The van der Waals surface area contributed by atoms with Crippen molar-refractivity contribution in [1.29, 1.82) is 0 Å². The van der Waals surface area contributed by atoms with Gasteiger partial charge in [-0.05, 0) is 0 Å². The minimum atomic E-state index is -0.0877. The zero-order valence-corrected chi connectivity index (χ0v) is 8.39. The second-order valence-corrected chi connectivity index (χ2v) is 3.67. The van der Waals surface area contributed by atoms with Crippen molar-refractivity contribution < 1.29 is 4.79 Å². The van der Waals surface area contributed by atoms with Crippen LogP contribution in [0.5, 0.6) is 0 Å². The quantitative estimate of drug-likeness (QED) is 0.666. The number of nitrogens with two attached hydrogens (primary N) is 1. The number of hydrazine groups is 1. The summed E-state index contributed by atoms with van der Waals surface area (Å²) < 4.78 is 0. The molecule has 0 aromatic carbocycles. The number of nitrogens with zero attached hydrogens (tertiary/aromatic N) is 2. The fourth-order valence-corrected chi connectivity index (χ4v) is 1.42. The topological polar surface area (TPSA) is 71.2 Å². The Morgan fingerprint density at radius 2 is 2.46 bits per heavy atom. The first-order chi connectivity index (χ1) is 6.08. The van der Waals surface area contributed by atoms with Crippen molar-refractivity contribution in [3.05, 3.63) is 11.1 Å². The number of amides is 1. The Hall–Kier alpha value is -1.14. The van der Waals surface area contributed by atoms with Crippen LogP contribution in [0.1, 0.15) is 5.69 Å². The average molecular weight is 200 g/mol. The summed E-state index contributed by atoms with van der Waals surface area (Å²) in [7, 11) is 3.51. The van der Waals surface area contributed by atoms with Crippen LogP contribution in [0.25, 0.3) is 0 Å². The number of nitrogen functional groups attached to an aromatic ring is 1. The van der Waals surface area contributed by atoms with Gasteiger partial charge in [-0.1, -0.05) is 0 Å². The van der Waals surface area contributed by atoms with Gasteiger partial charge in [-0.2, -0.15) is 0 Å². The van der Waals surface area contributed by atoms with Crippen molar-refractivity contribution in [2.75, 3.05) is 19.8 Å². The molecule has 0 aliphatic heterocycles. The lowest BCUT2D eigenvalue weighted by Crippen LogP contribution is -2.37. The van der Waals surface area contributed by atoms with Gasteiger partial charge in [0.15, 0.2) is 5.13 Å². The second kappa shape index (κ2) is 4.20. The summed E-state index contributed by atoms with van der Waals surface area (Å²) in [4.78, 5) is 15.2. The molecule has 1 aromatic heterocycles. The third-order valence-corrected chi connectivity index (χ3v) is 1.98. The molecule has 1 rings (SSSR count). The van der Waals surface area contributed by atoms with Crippen LogP contribution in [0.2, 0.25) is 0 Å². The van der Waals surface area contributed by atoms with E-state index >= 15 is 0 Å². The van der Waals surface area contributed by atoms with E-state index in [9.17, 15) is 4.79 Å². The minimum Gasteiger partial charge on any atom is -0.375 e. The Bertz CT molecular complexity index is 296. The van der Waals surface area contributed by atoms with Crippen molar-refractivity contribution in [2.24, 2.45) is 0 Å². The van der Waals surface area contributed by atoms with Gasteiger partial charge in [0, 0.05) is 19.5 Å². The summed E-state index contributed by atoms with van der Waals surface area (Å²) in [6.45, 7) is 0. The van der Waals surface area contributed by atoms with Crippen molar-refractivity contribution in [3.8, 4) is 0 Å². The third-order valence-electron chi connectivity index (χ3n) is 1.26. The van der Waals surface area contributed by atoms with Crippen LogP contribution in [0.3, 0.4) is 0 Å². The molecule has 0 saturated heterocycles. The predicted molar refractivity (Wildman–Crippen MR) is 52.1 cm³/mol. The first-order valence-corrected chi connectivity index (χ1v) is 4.62. The molecule has 3 N–H and O–H groups in total. The summed E-state index contributed by atoms with van der Waals surface area (Å²) in [5, 5.41) is 3.87. The molecule has 1 amide bonds. The standard InChI is InChI=1S/C7H12N4OS/c1-11(2)10-6(12)3-5-4-13-7(8)9-5/h4H,3H2,1-2H3,(H2,8,9)(H,10,12). The molecule has 0 bridgehead atoms. The van der Waals surface area contributed by atoms with Gasteiger partial charge in [-0.3, -0.25) is 10.2 Å². The summed E-state index contributed by atoms with van der Waals surface area (Å²) >= 11 is 1.34. The van der Waals surface area contributed by atoms with Crippen LogP contribution in [0, 0.1) is 0 Å². The Kier molecular flexibility index (Phi) is 3.21. The molecule has 0 saturated carbocycles. The molecular weight excluding hydrogens is 188 g/mol. The minimum absolute atomic E-state index is 0.0877. The summed E-state index contributed by atoms with van der Waals surface area (Å²) in [5.74, 6) is -0.0877. The van der Waals surface area contributed by atoms with E-state index in [4.69, 9.17) is 5.73 Å². The van der Waals surface area contributed by atoms with E-state index in [1.54, 1.807) is 24.5 Å². The Morgan fingerprint density at radius 3 is 2.92 bits per heavy atom. The maximum atomic E-state index is 11.2. The average Bonchev–Trinajstić information content (AvgIpc) is 2.33. The highest BCUT2D eigenvalue weighted by molar-refractivity contribution is 7.13. The molecule has 1 aromatic rings. The SMILES string of the molecule is CN(C)NC(=O)Cc1csc(N)n1. The number of hydrogen-bond donors (Lipinski definition) is 2. The molecule has 6 heteroatoms. The molecule has 0 unspecified atom stereocenters. The number of carbonyl (C=O) groups is 1. The monoisotopic (exact) mass is 200 g/mol. The molecule has 0 aliphatic carbocycles. The number of anilines is 1. The van der Waals surface area contributed by atoms with E-state index in [1.807, 2.05) is 0 Å². The summed E-state index contributed by atoms with van der Waals surface area (Å²) in [6, 6.07) is 0. The zero-order chi connectivity index (χ0) is 9.84. The molecule has 0 spiro atoms. The first kappa shape index (κ1) is 9.94. The maximum Gasteiger partial charge on any atom is 0.240 e. The lowest BCUT2D eigenvalue weighted by molar-refractivity contribution is -0.124. The molecular formula is C7H12N4OS. The smallest absolute Gasteiger partial charge is 0.240 e. The fourth-order valence-electron chi connectivity index (χ4n) is 0.857. The van der Waals surface area contributed by atoms with Crippen LogP contribution >= 0.6 is 11.3 Å². The predicted octanol–water partition coefficient (Wildman–Crippen LogP) is -0.139. The van der Waals surface area contributed by atoms with Crippen molar-refractivity contribution in [1.82, 2.24) is 15.4 Å². The van der Waals surface area contributed by atoms with Gasteiger partial charge in [0.2, 0.25) is 5.91 Å². The Balaban J connectivity index is 2.45. The van der Waals surface area contributed by atoms with Crippen LogP contribution in [-0.2, 0) is 11.2 Å². The maximum absolute atomic E-state index is 11.2. The molecule has 0 fully saturated rings. The highest BCUT2D eigenvalue weighted by atomic mass is 32.1. The number of nitrogens with one attached hydrogen (secondary N) is 1. The van der Waals surface area contributed by atoms with Crippen LogP contribution in [0.4, 0.5) is 5.13 Å². The third kappa shape index (κ3) is 3.39. The van der Waals surface area contributed by atoms with E-state index in [0.717, 1.165) is 0 Å². The lowest BCUT2D eigenvalue weighted by Gasteiger charge is -2.10. The van der Waals surface area contributed by atoms with Gasteiger partial charge in [0.25, 0.3) is 0 Å². The summed E-state index contributed by atoms with van der Waals surface area (Å²) in [5.41, 5.74) is 8.75. The second-order valence-electron chi connectivity index (χ2n) is 2.78. The number of aromatic nitrogens is 1. The molecule has 0 aliphatic rings. The molecule has 72 valence electrons. The van der Waals surface area contributed by atoms with Crippen LogP contribution < -0.4 is 11.2 Å². The normalized spacial score (nSPS) is 10.4. The van der Waals surface area contributed by atoms with Gasteiger partial charge in [-0.25, -0.2) is 9.99 Å². The molecule has 0 atom stereocenters. The van der Waals surface area contributed by atoms with Gasteiger partial charge < -0.3 is 5.73 Å². The molecule has 0 radical (unpaired) electrons. The molecule has 1 heterocycles. The van der Waals surface area contributed by atoms with E-state index < -0.39 is 0 Å². The van der Waals surface area contributed by atoms with Gasteiger partial charge in [-0.15, -0.1) is 11.3 Å². The number of rotatable bonds is 3. The number of hydrogen-bond acceptors (Lipinski definition) is 5. The van der Waals surface area contributed by atoms with Crippen molar-refractivity contribution >= 4 is 22.4 Å². The Labute approximate surface area is 80.5 Å². The van der Waals surface area contributed by atoms with E-state index in [2.05, 4.69) is 10.4 Å². The van der Waals surface area contributed by atoms with Gasteiger partial charge in [0.1, 0.15) is 0 Å². The largest absolute Gasteiger partial charge is 0.375 e. The Morgan fingerprint density at radius 1 is 1.77 bits per heavy atom. The van der Waals surface area contributed by atoms with Crippen molar-refractivity contribution in [3.63, 3.8) is 0 Å². The number of carbonyl (C=O) groups excluding carboxylic acids is 1. The van der Waals surface area contributed by atoms with E-state index in [-0.39, 0.29) is 12.3 Å². The van der Waals surface area contributed by atoms with Gasteiger partial charge in [0.05, 0.1) is 12.1 Å². The molecule has 13 heavy (non-hydrogen) atoms. The van der Waals surface area contributed by atoms with Crippen LogP contribution in [-0.4, -0.2) is 30.0 Å². The van der Waals surface area contributed by atoms with Gasteiger partial charge >= 0.3 is 0 Å². The van der Waals surface area contributed by atoms with Crippen LogP contribution in [0.15, 0.2) is 5.38 Å². The fraction of sp³-hybridized carbons (Fsp3) is 0.429. The lowest BCUT2D eigenvalue weighted by atomic mass is 10.3. The van der Waals surface area contributed by atoms with Crippen molar-refractivity contribution in [2.45, 2.75) is 6.42 Å². The number of thiazole rings is 1. The molecule has 5 nitrogen and oxygen atoms in total.